The number of nitrogens with one attached hydrogen (secondary N) is 4. The van der Waals surface area contributed by atoms with E-state index in [4.69, 9.17) is 0 Å². The maximum Gasteiger partial charge on any atom is 0.246 e. The van der Waals surface area contributed by atoms with E-state index in [-0.39, 0.29) is 67.7 Å². The van der Waals surface area contributed by atoms with Crippen LogP contribution in [-0.4, -0.2) is 239 Å². The van der Waals surface area contributed by atoms with Crippen molar-refractivity contribution < 1.29 is 57.8 Å². The monoisotopic (exact) mass is 1250 g/mol. The summed E-state index contributed by atoms with van der Waals surface area (Å²) < 4.78 is 0. The van der Waals surface area contributed by atoms with Crippen LogP contribution in [-0.2, 0) is 52.7 Å². The van der Waals surface area contributed by atoms with Gasteiger partial charge in [0.25, 0.3) is 0 Å². The van der Waals surface area contributed by atoms with E-state index in [1.165, 1.54) is 75.7 Å². The molecule has 0 aromatic heterocycles. The van der Waals surface area contributed by atoms with Crippen molar-refractivity contribution in [2.24, 2.45) is 41.4 Å². The van der Waals surface area contributed by atoms with E-state index in [2.05, 4.69) is 37.2 Å². The van der Waals surface area contributed by atoms with Crippen LogP contribution in [0.2, 0.25) is 0 Å². The van der Waals surface area contributed by atoms with Crippen LogP contribution in [0.3, 0.4) is 0 Å². The molecular formula is C60H108BrN11O12. The molecule has 84 heavy (non-hydrogen) atoms. The number of aldehydes is 1. The molecule has 0 saturated carbocycles. The van der Waals surface area contributed by atoms with Crippen LogP contribution in [0.15, 0.2) is 0 Å². The molecule has 0 aliphatic carbocycles. The molecule has 0 unspecified atom stereocenters. The number of carbonyl (C=O) groups is 11. The molecular weight excluding hydrogens is 1150 g/mol. The van der Waals surface area contributed by atoms with Gasteiger partial charge in [0, 0.05) is 54.2 Å². The van der Waals surface area contributed by atoms with Gasteiger partial charge in [-0.2, -0.15) is 0 Å². The molecule has 1 heterocycles. The zero-order valence-electron chi connectivity index (χ0n) is 55.0. The van der Waals surface area contributed by atoms with Gasteiger partial charge in [0.05, 0.1) is 18.7 Å². The number of amides is 10. The first-order chi connectivity index (χ1) is 38.7. The van der Waals surface area contributed by atoms with Crippen molar-refractivity contribution in [2.45, 2.75) is 209 Å². The summed E-state index contributed by atoms with van der Waals surface area (Å²) in [6.07, 6.45) is -0.133. The number of rotatable bonds is 15. The Morgan fingerprint density at radius 3 is 1.42 bits per heavy atom. The van der Waals surface area contributed by atoms with Crippen molar-refractivity contribution in [3.8, 4) is 0 Å². The minimum absolute atomic E-state index is 0.0211. The number of hydrogen-bond donors (Lipinski definition) is 5. The topological polar surface area (TPSA) is 279 Å². The largest absolute Gasteiger partial charge is 0.390 e. The molecule has 24 heteroatoms. The number of halogens is 1. The van der Waals surface area contributed by atoms with Crippen LogP contribution < -0.4 is 21.3 Å². The highest BCUT2D eigenvalue weighted by molar-refractivity contribution is 9.09. The molecule has 0 aromatic rings. The first-order valence-corrected chi connectivity index (χ1v) is 31.0. The van der Waals surface area contributed by atoms with Crippen LogP contribution in [0.5, 0.6) is 0 Å². The molecule has 1 rings (SSSR count). The normalized spacial score (nSPS) is 28.0. The van der Waals surface area contributed by atoms with E-state index in [9.17, 15) is 48.3 Å². The quantitative estimate of drug-likeness (QED) is 0.117. The summed E-state index contributed by atoms with van der Waals surface area (Å²) >= 11 is 3.39. The van der Waals surface area contributed by atoms with Crippen LogP contribution >= 0.6 is 15.9 Å². The second-order valence-corrected chi connectivity index (χ2v) is 26.6. The lowest BCUT2D eigenvalue weighted by Gasteiger charge is -2.41. The van der Waals surface area contributed by atoms with Gasteiger partial charge in [-0.25, -0.2) is 0 Å². The Bertz CT molecular complexity index is 2270. The summed E-state index contributed by atoms with van der Waals surface area (Å²) in [5, 5.41) is 23.2. The van der Waals surface area contributed by atoms with Crippen LogP contribution in [0.1, 0.15) is 143 Å². The van der Waals surface area contributed by atoms with Crippen molar-refractivity contribution >= 4 is 81.3 Å². The summed E-state index contributed by atoms with van der Waals surface area (Å²) in [5.41, 5.74) is -1.61. The first-order valence-electron chi connectivity index (χ1n) is 29.9. The maximum atomic E-state index is 15.1. The van der Waals surface area contributed by atoms with E-state index in [0.717, 1.165) is 9.80 Å². The second kappa shape index (κ2) is 34.2. The predicted octanol–water partition coefficient (Wildman–Crippen LogP) is 2.74. The number of likely N-dealkylation sites (N-methyl/N-ethyl adjacent to an activating group) is 7. The third-order valence-corrected chi connectivity index (χ3v) is 17.2. The summed E-state index contributed by atoms with van der Waals surface area (Å²) in [4.78, 5) is 168. The van der Waals surface area contributed by atoms with Gasteiger partial charge >= 0.3 is 0 Å². The summed E-state index contributed by atoms with van der Waals surface area (Å²) in [7, 11) is 10.1. The van der Waals surface area contributed by atoms with Crippen molar-refractivity contribution in [2.75, 3.05) is 67.8 Å². The van der Waals surface area contributed by atoms with Crippen molar-refractivity contribution in [1.82, 2.24) is 55.6 Å². The van der Waals surface area contributed by atoms with Gasteiger partial charge in [0.1, 0.15) is 60.2 Å². The van der Waals surface area contributed by atoms with E-state index in [1.807, 2.05) is 55.4 Å². The third kappa shape index (κ3) is 20.7. The van der Waals surface area contributed by atoms with Gasteiger partial charge < -0.3 is 60.6 Å². The van der Waals surface area contributed by atoms with E-state index >= 15 is 9.59 Å². The highest BCUT2D eigenvalue weighted by Crippen LogP contribution is 2.26. The SMILES string of the molecule is CC[C@@H]1NC(=O)[C@H]([C@H](O)[C@H](C)CBr)N(C)C(=O)[C@H](C(C)C)N(C)C(=O)[C@H](CC(C)C)N(C)C(=O)[C@H](CC(C)C)N(C)C(=O)[C@@H](C)NC(=O)[C@H](C)NC(=O)[C@H](CC(C)C)N(C)C[C@@](C=O)(C(C)C)NC(=O)[C@H](CC(C)C)N(C)C(=O)CN(C)C1=O. The molecule has 10 amide bonds. The van der Waals surface area contributed by atoms with Gasteiger partial charge in [-0.15, -0.1) is 0 Å². The van der Waals surface area contributed by atoms with Gasteiger partial charge in [-0.05, 0) is 94.4 Å². The molecule has 5 N–H and O–H groups in total. The van der Waals surface area contributed by atoms with Gasteiger partial charge in [-0.1, -0.05) is 113 Å². The highest BCUT2D eigenvalue weighted by Gasteiger charge is 2.46. The second-order valence-electron chi connectivity index (χ2n) is 26.0. The van der Waals surface area contributed by atoms with E-state index < -0.39 is 149 Å². The third-order valence-electron chi connectivity index (χ3n) is 16.2. The number of nitrogens with zero attached hydrogens (tertiary/aromatic N) is 7. The fourth-order valence-electron chi connectivity index (χ4n) is 10.6. The Morgan fingerprint density at radius 2 is 0.976 bits per heavy atom. The van der Waals surface area contributed by atoms with Crippen molar-refractivity contribution in [3.63, 3.8) is 0 Å². The lowest BCUT2D eigenvalue weighted by Crippen LogP contribution is -2.65. The van der Waals surface area contributed by atoms with Crippen LogP contribution in [0, 0.1) is 41.4 Å². The Balaban J connectivity index is 4.31. The summed E-state index contributed by atoms with van der Waals surface area (Å²) in [6, 6.07) is -10.9. The smallest absolute Gasteiger partial charge is 0.246 e. The summed E-state index contributed by atoms with van der Waals surface area (Å²) in [5.74, 6) is -8.94. The number of alkyl halides is 1. The zero-order chi connectivity index (χ0) is 65.3. The van der Waals surface area contributed by atoms with Gasteiger partial charge in [0.15, 0.2) is 0 Å². The molecule has 0 bridgehead atoms. The number of aliphatic hydroxyl groups excluding tert-OH is 1. The van der Waals surface area contributed by atoms with Crippen LogP contribution in [0.25, 0.3) is 0 Å². The zero-order valence-corrected chi connectivity index (χ0v) is 56.6. The molecule has 0 spiro atoms. The van der Waals surface area contributed by atoms with Crippen molar-refractivity contribution in [3.05, 3.63) is 0 Å². The molecule has 0 aromatic carbocycles. The Hall–Kier alpha value is -5.23. The maximum absolute atomic E-state index is 15.1. The molecule has 12 atom stereocenters. The number of aliphatic hydroxyl groups is 1. The highest BCUT2D eigenvalue weighted by atomic mass is 79.9. The molecule has 0 radical (unpaired) electrons. The average molecular weight is 1260 g/mol. The van der Waals surface area contributed by atoms with Gasteiger partial charge in [0.2, 0.25) is 59.1 Å². The summed E-state index contributed by atoms with van der Waals surface area (Å²) in [6.45, 7) is 27.5. The Labute approximate surface area is 510 Å². The first kappa shape index (κ1) is 76.8. The van der Waals surface area contributed by atoms with Crippen LogP contribution in [0.4, 0.5) is 0 Å². The number of carbonyl (C=O) groups excluding carboxylic acids is 11. The lowest BCUT2D eigenvalue weighted by atomic mass is 9.85. The van der Waals surface area contributed by atoms with E-state index in [0.29, 0.717) is 6.29 Å². The Kier molecular flexibility index (Phi) is 31.3. The standard InChI is InChI=1S/C60H108BrN11O12/c1-24-42-56(81)66(17)30-47(74)68(19)44(26-34(4)5)53(78)65-60(32-73,38(12)13)31-67(18)43(25-33(2)3)52(77)62-40(15)51(76)63-41(16)55(80)69(20)45(27-35(6)7)57(82)70(21)46(28-36(8)9)58(83)71(22)48(37(10)11)59(84)72(23)49(54(79)64-42)50(75)39(14)29-61/h32-46,48-50,75H,24-31H2,1-23H3,(H,62,77)(H,63,76)(H,64,79)(H,65,78)/t39-,40+,41-,42+,43+,44+,45+,46+,48+,49+,50-,60-/m1/s1. The minimum atomic E-state index is -1.61. The molecule has 1 saturated heterocycles. The molecule has 1 fully saturated rings. The average Bonchev–Trinajstić information content (AvgIpc) is 3.14. The molecule has 1 aliphatic heterocycles. The fourth-order valence-corrected chi connectivity index (χ4v) is 11.0. The fraction of sp³-hybridized carbons (Fsp3) is 0.817. The molecule has 23 nitrogen and oxygen atoms in total. The van der Waals surface area contributed by atoms with Gasteiger partial charge in [-0.3, -0.25) is 52.8 Å². The minimum Gasteiger partial charge on any atom is -0.390 e. The van der Waals surface area contributed by atoms with Crippen molar-refractivity contribution in [1.29, 1.82) is 0 Å². The molecule has 482 valence electrons. The number of hydrogen-bond acceptors (Lipinski definition) is 13. The Morgan fingerprint density at radius 1 is 0.536 bits per heavy atom. The van der Waals surface area contributed by atoms with E-state index in [1.54, 1.807) is 53.5 Å². The lowest BCUT2D eigenvalue weighted by molar-refractivity contribution is -0.157. The predicted molar refractivity (Wildman–Crippen MR) is 328 cm³/mol. The molecule has 1 aliphatic rings.